The van der Waals surface area contributed by atoms with Crippen molar-refractivity contribution in [2.75, 3.05) is 33.5 Å². The summed E-state index contributed by atoms with van der Waals surface area (Å²) < 4.78 is 11.2. The van der Waals surface area contributed by atoms with Crippen LogP contribution in [0, 0.1) is 20.8 Å². The highest BCUT2D eigenvalue weighted by molar-refractivity contribution is 5.39. The minimum Gasteiger partial charge on any atom is -0.379 e. The molecule has 0 aliphatic heterocycles. The minimum atomic E-state index is 0.238. The van der Waals surface area contributed by atoms with E-state index in [1.807, 2.05) is 7.05 Å². The Morgan fingerprint density at radius 2 is 1.60 bits per heavy atom. The number of rotatable bonds is 9. The van der Waals surface area contributed by atoms with Crippen molar-refractivity contribution in [1.29, 1.82) is 0 Å². The van der Waals surface area contributed by atoms with Gasteiger partial charge in [0, 0.05) is 6.61 Å². The lowest BCUT2D eigenvalue weighted by Crippen LogP contribution is -2.24. The fraction of sp³-hybridized carbons (Fsp3) is 0.647. The molecular weight excluding hydrogens is 250 g/mol. The number of likely N-dealkylation sites (N-methyl/N-ethyl adjacent to an activating group) is 1. The average molecular weight is 279 g/mol. The number of ether oxygens (including phenoxy) is 2. The average Bonchev–Trinajstić information content (AvgIpc) is 2.39. The molecule has 1 aromatic rings. The van der Waals surface area contributed by atoms with Gasteiger partial charge >= 0.3 is 0 Å². The van der Waals surface area contributed by atoms with E-state index in [1.54, 1.807) is 0 Å². The highest BCUT2D eigenvalue weighted by Gasteiger charge is 2.15. The third-order valence-corrected chi connectivity index (χ3v) is 3.44. The molecule has 1 rings (SSSR count). The Morgan fingerprint density at radius 1 is 1.00 bits per heavy atom. The van der Waals surface area contributed by atoms with E-state index in [0.29, 0.717) is 19.8 Å². The first kappa shape index (κ1) is 17.2. The molecule has 0 heterocycles. The standard InChI is InChI=1S/C17H29NO2/c1-6-7-19-8-9-20-12-16(18-5)17-14(3)10-13(2)11-15(17)4/h10-11,16,18H,6-9,12H2,1-5H3. The van der Waals surface area contributed by atoms with Crippen molar-refractivity contribution in [2.24, 2.45) is 0 Å². The van der Waals surface area contributed by atoms with Crippen LogP contribution in [0.4, 0.5) is 0 Å². The van der Waals surface area contributed by atoms with Crippen LogP contribution >= 0.6 is 0 Å². The van der Waals surface area contributed by atoms with Crippen LogP contribution < -0.4 is 5.32 Å². The second kappa shape index (κ2) is 9.11. The van der Waals surface area contributed by atoms with Crippen LogP contribution in [0.2, 0.25) is 0 Å². The zero-order valence-electron chi connectivity index (χ0n) is 13.6. The topological polar surface area (TPSA) is 30.5 Å². The van der Waals surface area contributed by atoms with Crippen LogP contribution in [-0.2, 0) is 9.47 Å². The molecule has 1 N–H and O–H groups in total. The van der Waals surface area contributed by atoms with Gasteiger partial charge in [0.25, 0.3) is 0 Å². The smallest absolute Gasteiger partial charge is 0.0701 e. The van der Waals surface area contributed by atoms with Crippen LogP contribution in [0.25, 0.3) is 0 Å². The van der Waals surface area contributed by atoms with E-state index < -0.39 is 0 Å². The SMILES string of the molecule is CCCOCCOCC(NC)c1c(C)cc(C)cc1C. The van der Waals surface area contributed by atoms with Crippen LogP contribution in [-0.4, -0.2) is 33.5 Å². The summed E-state index contributed by atoms with van der Waals surface area (Å²) in [5.41, 5.74) is 5.32. The van der Waals surface area contributed by atoms with Crippen molar-refractivity contribution in [3.63, 3.8) is 0 Å². The van der Waals surface area contributed by atoms with Crippen molar-refractivity contribution in [3.8, 4) is 0 Å². The molecule has 0 fully saturated rings. The summed E-state index contributed by atoms with van der Waals surface area (Å²) in [6.45, 7) is 11.4. The van der Waals surface area contributed by atoms with E-state index in [-0.39, 0.29) is 6.04 Å². The van der Waals surface area contributed by atoms with Gasteiger partial charge in [-0.05, 0) is 50.9 Å². The summed E-state index contributed by atoms with van der Waals surface area (Å²) in [4.78, 5) is 0. The van der Waals surface area contributed by atoms with Gasteiger partial charge in [-0.2, -0.15) is 0 Å². The lowest BCUT2D eigenvalue weighted by molar-refractivity contribution is 0.0398. The van der Waals surface area contributed by atoms with Crippen molar-refractivity contribution >= 4 is 0 Å². The van der Waals surface area contributed by atoms with E-state index >= 15 is 0 Å². The Hall–Kier alpha value is -0.900. The van der Waals surface area contributed by atoms with Gasteiger partial charge in [-0.25, -0.2) is 0 Å². The van der Waals surface area contributed by atoms with Gasteiger partial charge in [-0.3, -0.25) is 0 Å². The molecule has 114 valence electrons. The van der Waals surface area contributed by atoms with Crippen LogP contribution in [0.3, 0.4) is 0 Å². The molecule has 0 saturated heterocycles. The monoisotopic (exact) mass is 279 g/mol. The molecule has 0 aliphatic rings. The normalized spacial score (nSPS) is 12.7. The Bertz CT molecular complexity index is 381. The molecule has 3 nitrogen and oxygen atoms in total. The van der Waals surface area contributed by atoms with Crippen LogP contribution in [0.15, 0.2) is 12.1 Å². The molecule has 0 amide bonds. The quantitative estimate of drug-likeness (QED) is 0.703. The number of nitrogens with one attached hydrogen (secondary N) is 1. The molecule has 0 bridgehead atoms. The maximum atomic E-state index is 5.74. The van der Waals surface area contributed by atoms with Gasteiger partial charge in [-0.15, -0.1) is 0 Å². The molecule has 1 atom stereocenters. The second-order valence-electron chi connectivity index (χ2n) is 5.34. The maximum absolute atomic E-state index is 5.74. The summed E-state index contributed by atoms with van der Waals surface area (Å²) in [5.74, 6) is 0. The summed E-state index contributed by atoms with van der Waals surface area (Å²) in [6.07, 6.45) is 1.06. The van der Waals surface area contributed by atoms with Crippen molar-refractivity contribution in [1.82, 2.24) is 5.32 Å². The Morgan fingerprint density at radius 3 is 2.15 bits per heavy atom. The third-order valence-electron chi connectivity index (χ3n) is 3.44. The largest absolute Gasteiger partial charge is 0.379 e. The molecule has 1 aromatic carbocycles. The molecule has 3 heteroatoms. The van der Waals surface area contributed by atoms with Gasteiger partial charge < -0.3 is 14.8 Å². The van der Waals surface area contributed by atoms with E-state index in [9.17, 15) is 0 Å². The fourth-order valence-electron chi connectivity index (χ4n) is 2.62. The minimum absolute atomic E-state index is 0.238. The van der Waals surface area contributed by atoms with Gasteiger partial charge in [0.05, 0.1) is 25.9 Å². The van der Waals surface area contributed by atoms with Crippen molar-refractivity contribution in [2.45, 2.75) is 40.2 Å². The van der Waals surface area contributed by atoms with Crippen LogP contribution in [0.5, 0.6) is 0 Å². The molecule has 20 heavy (non-hydrogen) atoms. The molecule has 0 saturated carbocycles. The number of hydrogen-bond donors (Lipinski definition) is 1. The highest BCUT2D eigenvalue weighted by atomic mass is 16.5. The van der Waals surface area contributed by atoms with Gasteiger partial charge in [-0.1, -0.05) is 24.6 Å². The first-order valence-electron chi connectivity index (χ1n) is 7.50. The summed E-state index contributed by atoms with van der Waals surface area (Å²) >= 11 is 0. The van der Waals surface area contributed by atoms with E-state index in [4.69, 9.17) is 9.47 Å². The number of benzene rings is 1. The summed E-state index contributed by atoms with van der Waals surface area (Å²) in [7, 11) is 1.99. The molecule has 0 aromatic heterocycles. The molecular formula is C17H29NO2. The van der Waals surface area contributed by atoms with E-state index in [1.165, 1.54) is 22.3 Å². The predicted octanol–water partition coefficient (Wildman–Crippen LogP) is 3.32. The Balaban J connectivity index is 2.54. The lowest BCUT2D eigenvalue weighted by Gasteiger charge is -2.22. The fourth-order valence-corrected chi connectivity index (χ4v) is 2.62. The van der Waals surface area contributed by atoms with Gasteiger partial charge in [0.15, 0.2) is 0 Å². The zero-order chi connectivity index (χ0) is 15.0. The number of aryl methyl sites for hydroxylation is 3. The second-order valence-corrected chi connectivity index (χ2v) is 5.34. The third kappa shape index (κ3) is 5.23. The van der Waals surface area contributed by atoms with Crippen molar-refractivity contribution < 1.29 is 9.47 Å². The van der Waals surface area contributed by atoms with Gasteiger partial charge in [0.1, 0.15) is 0 Å². The number of hydrogen-bond acceptors (Lipinski definition) is 3. The first-order chi connectivity index (χ1) is 9.60. The predicted molar refractivity (Wildman–Crippen MR) is 84.4 cm³/mol. The van der Waals surface area contributed by atoms with Crippen molar-refractivity contribution in [3.05, 3.63) is 34.4 Å². The maximum Gasteiger partial charge on any atom is 0.0701 e. The zero-order valence-corrected chi connectivity index (χ0v) is 13.6. The molecule has 0 radical (unpaired) electrons. The van der Waals surface area contributed by atoms with E-state index in [0.717, 1.165) is 13.0 Å². The Kier molecular flexibility index (Phi) is 7.82. The summed E-state index contributed by atoms with van der Waals surface area (Å²) in [5, 5.41) is 3.36. The Labute approximate surface area is 123 Å². The van der Waals surface area contributed by atoms with Gasteiger partial charge in [0.2, 0.25) is 0 Å². The molecule has 0 spiro atoms. The highest BCUT2D eigenvalue weighted by Crippen LogP contribution is 2.23. The van der Waals surface area contributed by atoms with Crippen LogP contribution in [0.1, 0.15) is 41.6 Å². The summed E-state index contributed by atoms with van der Waals surface area (Å²) in [6, 6.07) is 4.70. The van der Waals surface area contributed by atoms with E-state index in [2.05, 4.69) is 45.1 Å². The first-order valence-corrected chi connectivity index (χ1v) is 7.50. The molecule has 0 aliphatic carbocycles. The molecule has 1 unspecified atom stereocenters. The lowest BCUT2D eigenvalue weighted by atomic mass is 9.94.